The maximum absolute atomic E-state index is 5.39. The van der Waals surface area contributed by atoms with E-state index >= 15 is 0 Å². The number of aryl methyl sites for hydroxylation is 1. The summed E-state index contributed by atoms with van der Waals surface area (Å²) in [5.74, 6) is 1.81. The lowest BCUT2D eigenvalue weighted by molar-refractivity contribution is 0.204. The summed E-state index contributed by atoms with van der Waals surface area (Å²) in [6.45, 7) is 11.0. The van der Waals surface area contributed by atoms with Gasteiger partial charge in [-0.3, -0.25) is 4.99 Å². The van der Waals surface area contributed by atoms with Gasteiger partial charge in [0.1, 0.15) is 5.75 Å². The van der Waals surface area contributed by atoms with Crippen LogP contribution in [0.5, 0.6) is 5.75 Å². The molecule has 0 fully saturated rings. The lowest BCUT2D eigenvalue weighted by Crippen LogP contribution is -2.44. The highest BCUT2D eigenvalue weighted by Crippen LogP contribution is 2.19. The fraction of sp³-hybridized carbons (Fsp3) is 0.632. The second-order valence-corrected chi connectivity index (χ2v) is 6.88. The van der Waals surface area contributed by atoms with Gasteiger partial charge in [-0.25, -0.2) is 0 Å². The normalized spacial score (nSPS) is 11.9. The van der Waals surface area contributed by atoms with E-state index in [1.54, 1.807) is 7.11 Å². The molecule has 1 aromatic rings. The molecule has 0 saturated heterocycles. The topological polar surface area (TPSA) is 48.9 Å². The van der Waals surface area contributed by atoms with Gasteiger partial charge < -0.3 is 20.3 Å². The van der Waals surface area contributed by atoms with Crippen molar-refractivity contribution in [2.45, 2.75) is 39.7 Å². The molecule has 144 valence electrons. The number of aliphatic imine (C=N–C) groups is 1. The number of benzene rings is 1. The van der Waals surface area contributed by atoms with Gasteiger partial charge in [0.2, 0.25) is 0 Å². The minimum Gasteiger partial charge on any atom is -0.496 e. The highest BCUT2D eigenvalue weighted by molar-refractivity contribution is 14.0. The molecule has 0 unspecified atom stereocenters. The SMILES string of the molecule is CCNC(=NCC(C)(C)N(C)C)NCCc1ccc(C)c(OC)c1.I. The number of nitrogens with zero attached hydrogens (tertiary/aromatic N) is 2. The highest BCUT2D eigenvalue weighted by Gasteiger charge is 2.19. The standard InChI is InChI=1S/C19H34N4O.HI/c1-8-20-18(22-14-19(3,4)23(5)6)21-12-11-16-10-9-15(2)17(13-16)24-7;/h9-10,13H,8,11-12,14H2,1-7H3,(H2,20,21,22);1H. The largest absolute Gasteiger partial charge is 0.496 e. The van der Waals surface area contributed by atoms with Gasteiger partial charge in [-0.15, -0.1) is 24.0 Å². The Morgan fingerprint density at radius 2 is 1.92 bits per heavy atom. The zero-order valence-corrected chi connectivity index (χ0v) is 19.1. The van der Waals surface area contributed by atoms with Gasteiger partial charge in [0.15, 0.2) is 5.96 Å². The Hall–Kier alpha value is -1.02. The van der Waals surface area contributed by atoms with Crippen molar-refractivity contribution in [2.75, 3.05) is 40.8 Å². The van der Waals surface area contributed by atoms with Gasteiger partial charge >= 0.3 is 0 Å². The molecule has 0 atom stereocenters. The number of guanidine groups is 1. The Bertz CT molecular complexity index is 544. The van der Waals surface area contributed by atoms with Crippen LogP contribution in [0.25, 0.3) is 0 Å². The Balaban J connectivity index is 0.00000576. The van der Waals surface area contributed by atoms with Crippen molar-refractivity contribution >= 4 is 29.9 Å². The zero-order chi connectivity index (χ0) is 18.2. The monoisotopic (exact) mass is 462 g/mol. The molecule has 0 heterocycles. The number of ether oxygens (including phenoxy) is 1. The van der Waals surface area contributed by atoms with Crippen molar-refractivity contribution in [1.29, 1.82) is 0 Å². The van der Waals surface area contributed by atoms with E-state index in [9.17, 15) is 0 Å². The molecule has 0 spiro atoms. The quantitative estimate of drug-likeness (QED) is 0.354. The first-order valence-corrected chi connectivity index (χ1v) is 8.63. The van der Waals surface area contributed by atoms with Gasteiger partial charge in [-0.05, 0) is 65.4 Å². The van der Waals surface area contributed by atoms with Gasteiger partial charge in [0.25, 0.3) is 0 Å². The molecule has 25 heavy (non-hydrogen) atoms. The molecule has 0 radical (unpaired) electrons. The van der Waals surface area contributed by atoms with Crippen LogP contribution in [0.15, 0.2) is 23.2 Å². The summed E-state index contributed by atoms with van der Waals surface area (Å²) in [6, 6.07) is 6.36. The first-order valence-electron chi connectivity index (χ1n) is 8.63. The number of halogens is 1. The van der Waals surface area contributed by atoms with Crippen molar-refractivity contribution in [1.82, 2.24) is 15.5 Å². The molecule has 5 nitrogen and oxygen atoms in total. The maximum atomic E-state index is 5.39. The predicted molar refractivity (Wildman–Crippen MR) is 119 cm³/mol. The Labute approximate surface area is 170 Å². The van der Waals surface area contributed by atoms with Crippen LogP contribution in [-0.2, 0) is 6.42 Å². The lowest BCUT2D eigenvalue weighted by atomic mass is 10.1. The molecular weight excluding hydrogens is 427 g/mol. The van der Waals surface area contributed by atoms with Gasteiger partial charge in [-0.1, -0.05) is 12.1 Å². The molecule has 0 aliphatic rings. The van der Waals surface area contributed by atoms with Crippen LogP contribution in [0.4, 0.5) is 0 Å². The number of nitrogens with one attached hydrogen (secondary N) is 2. The third-order valence-electron chi connectivity index (χ3n) is 4.36. The van der Waals surface area contributed by atoms with Crippen LogP contribution in [-0.4, -0.2) is 57.2 Å². The van der Waals surface area contributed by atoms with E-state index in [2.05, 4.69) is 75.5 Å². The number of methoxy groups -OCH3 is 1. The van der Waals surface area contributed by atoms with E-state index in [0.717, 1.165) is 43.3 Å². The molecule has 6 heteroatoms. The summed E-state index contributed by atoms with van der Waals surface area (Å²) in [4.78, 5) is 6.91. The molecule has 0 aliphatic carbocycles. The molecular formula is C19H35IN4O. The molecule has 0 bridgehead atoms. The van der Waals surface area contributed by atoms with Crippen LogP contribution < -0.4 is 15.4 Å². The summed E-state index contributed by atoms with van der Waals surface area (Å²) in [6.07, 6.45) is 0.929. The minimum atomic E-state index is 0. The van der Waals surface area contributed by atoms with Gasteiger partial charge in [0.05, 0.1) is 13.7 Å². The third kappa shape index (κ3) is 8.27. The summed E-state index contributed by atoms with van der Waals surface area (Å²) in [7, 11) is 5.88. The minimum absolute atomic E-state index is 0. The smallest absolute Gasteiger partial charge is 0.191 e. The molecule has 0 amide bonds. The van der Waals surface area contributed by atoms with Crippen molar-refractivity contribution in [3.05, 3.63) is 29.3 Å². The highest BCUT2D eigenvalue weighted by atomic mass is 127. The summed E-state index contributed by atoms with van der Waals surface area (Å²) < 4.78 is 5.39. The fourth-order valence-electron chi connectivity index (χ4n) is 2.10. The Morgan fingerprint density at radius 3 is 2.48 bits per heavy atom. The van der Waals surface area contributed by atoms with Crippen molar-refractivity contribution < 1.29 is 4.74 Å². The average Bonchev–Trinajstić information content (AvgIpc) is 2.54. The second kappa shape index (κ2) is 11.6. The predicted octanol–water partition coefficient (Wildman–Crippen LogP) is 3.06. The third-order valence-corrected chi connectivity index (χ3v) is 4.36. The summed E-state index contributed by atoms with van der Waals surface area (Å²) >= 11 is 0. The van der Waals surface area contributed by atoms with E-state index in [0.29, 0.717) is 0 Å². The van der Waals surface area contributed by atoms with Crippen LogP contribution in [0, 0.1) is 6.92 Å². The van der Waals surface area contributed by atoms with Crippen molar-refractivity contribution in [3.63, 3.8) is 0 Å². The van der Waals surface area contributed by atoms with E-state index in [1.165, 1.54) is 5.56 Å². The molecule has 1 aromatic carbocycles. The number of hydrogen-bond acceptors (Lipinski definition) is 3. The Morgan fingerprint density at radius 1 is 1.24 bits per heavy atom. The number of hydrogen-bond donors (Lipinski definition) is 2. The van der Waals surface area contributed by atoms with Crippen molar-refractivity contribution in [3.8, 4) is 5.75 Å². The molecule has 0 saturated carbocycles. The van der Waals surface area contributed by atoms with E-state index in [1.807, 2.05) is 0 Å². The second-order valence-electron chi connectivity index (χ2n) is 6.88. The van der Waals surface area contributed by atoms with Gasteiger partial charge in [-0.2, -0.15) is 0 Å². The zero-order valence-electron chi connectivity index (χ0n) is 16.8. The van der Waals surface area contributed by atoms with Crippen LogP contribution in [0.1, 0.15) is 31.9 Å². The number of likely N-dealkylation sites (N-methyl/N-ethyl adjacent to an activating group) is 1. The first-order chi connectivity index (χ1) is 11.3. The fourth-order valence-corrected chi connectivity index (χ4v) is 2.10. The summed E-state index contributed by atoms with van der Waals surface area (Å²) in [5.41, 5.74) is 2.46. The van der Waals surface area contributed by atoms with Crippen LogP contribution in [0.2, 0.25) is 0 Å². The lowest BCUT2D eigenvalue weighted by Gasteiger charge is -2.31. The van der Waals surface area contributed by atoms with Gasteiger partial charge in [0, 0.05) is 18.6 Å². The number of rotatable bonds is 8. The maximum Gasteiger partial charge on any atom is 0.191 e. The first kappa shape index (κ1) is 24.0. The summed E-state index contributed by atoms with van der Waals surface area (Å²) in [5, 5.41) is 6.72. The van der Waals surface area contributed by atoms with E-state index < -0.39 is 0 Å². The van der Waals surface area contributed by atoms with E-state index in [-0.39, 0.29) is 29.5 Å². The molecule has 1 rings (SSSR count). The molecule has 0 aliphatic heterocycles. The van der Waals surface area contributed by atoms with Crippen LogP contribution in [0.3, 0.4) is 0 Å². The van der Waals surface area contributed by atoms with E-state index in [4.69, 9.17) is 9.73 Å². The molecule has 0 aromatic heterocycles. The average molecular weight is 462 g/mol. The Kier molecular flexibility index (Phi) is 11.1. The van der Waals surface area contributed by atoms with Crippen molar-refractivity contribution in [2.24, 2.45) is 4.99 Å². The molecule has 2 N–H and O–H groups in total. The van der Waals surface area contributed by atoms with Crippen LogP contribution >= 0.6 is 24.0 Å².